The number of piperidine rings is 1. The molecule has 2 saturated heterocycles. The predicted molar refractivity (Wildman–Crippen MR) is 140 cm³/mol. The number of fused-ring (bicyclic) bond motifs is 1. The number of amides is 3. The molecular formula is C29H28FN5O3. The molecule has 3 aliphatic heterocycles. The van der Waals surface area contributed by atoms with Crippen LogP contribution in [0.25, 0.3) is 11.1 Å². The molecule has 6 rings (SSSR count). The minimum absolute atomic E-state index is 0.186. The van der Waals surface area contributed by atoms with Crippen molar-refractivity contribution in [3.05, 3.63) is 83.4 Å². The smallest absolute Gasteiger partial charge is 0.255 e. The molecule has 2 aromatic carbocycles. The highest BCUT2D eigenvalue weighted by atomic mass is 19.1. The average Bonchev–Trinajstić information content (AvgIpc) is 3.25. The van der Waals surface area contributed by atoms with Gasteiger partial charge in [0.1, 0.15) is 11.9 Å². The van der Waals surface area contributed by atoms with E-state index in [1.807, 2.05) is 12.1 Å². The van der Waals surface area contributed by atoms with Crippen molar-refractivity contribution >= 4 is 23.4 Å². The van der Waals surface area contributed by atoms with E-state index in [2.05, 4.69) is 44.4 Å². The summed E-state index contributed by atoms with van der Waals surface area (Å²) in [5.74, 6) is -1.62. The normalized spacial score (nSPS) is 20.0. The first kappa shape index (κ1) is 24.2. The second kappa shape index (κ2) is 9.98. The van der Waals surface area contributed by atoms with Crippen LogP contribution in [0.2, 0.25) is 0 Å². The molecular weight excluding hydrogens is 485 g/mol. The summed E-state index contributed by atoms with van der Waals surface area (Å²) in [6.45, 7) is 4.05. The Morgan fingerprint density at radius 1 is 0.947 bits per heavy atom. The minimum Gasteiger partial charge on any atom is -0.369 e. The van der Waals surface area contributed by atoms with E-state index in [0.717, 1.165) is 36.3 Å². The third-order valence-electron chi connectivity index (χ3n) is 7.66. The van der Waals surface area contributed by atoms with Crippen molar-refractivity contribution in [2.75, 3.05) is 31.1 Å². The Morgan fingerprint density at radius 2 is 1.74 bits per heavy atom. The van der Waals surface area contributed by atoms with Crippen molar-refractivity contribution in [3.63, 3.8) is 0 Å². The van der Waals surface area contributed by atoms with E-state index < -0.39 is 17.8 Å². The molecule has 1 aromatic heterocycles. The van der Waals surface area contributed by atoms with Crippen LogP contribution in [0.1, 0.15) is 34.3 Å². The number of imide groups is 1. The van der Waals surface area contributed by atoms with Gasteiger partial charge in [0.05, 0.1) is 0 Å². The van der Waals surface area contributed by atoms with Crippen LogP contribution >= 0.6 is 0 Å². The predicted octanol–water partition coefficient (Wildman–Crippen LogP) is 2.97. The number of aromatic nitrogens is 1. The molecule has 9 heteroatoms. The first-order chi connectivity index (χ1) is 18.5. The number of hydrogen-bond donors (Lipinski definition) is 1. The summed E-state index contributed by atoms with van der Waals surface area (Å²) in [4.78, 5) is 47.2. The van der Waals surface area contributed by atoms with Gasteiger partial charge >= 0.3 is 0 Å². The number of carbonyl (C=O) groups is 3. The van der Waals surface area contributed by atoms with Gasteiger partial charge in [-0.3, -0.25) is 29.6 Å². The van der Waals surface area contributed by atoms with Gasteiger partial charge in [-0.05, 0) is 53.4 Å². The fraction of sp³-hybridized carbons (Fsp3) is 0.310. The van der Waals surface area contributed by atoms with Gasteiger partial charge in [-0.2, -0.15) is 0 Å². The Morgan fingerprint density at radius 3 is 2.50 bits per heavy atom. The molecule has 0 bridgehead atoms. The van der Waals surface area contributed by atoms with Gasteiger partial charge in [-0.15, -0.1) is 0 Å². The van der Waals surface area contributed by atoms with Crippen LogP contribution in [0.4, 0.5) is 10.1 Å². The summed E-state index contributed by atoms with van der Waals surface area (Å²) in [5.41, 5.74) is 5.28. The standard InChI is InChI=1S/C29H28FN5O3/c30-22-15-23-24(18-35(29(23)38)25-4-5-27(36)32-28(25)37)26(16-22)34-12-10-33(11-13-34)17-19-2-1-3-21(14-19)20-6-8-31-9-7-20/h1-3,6-9,14-16,25H,4-5,10-13,17-18H2,(H,32,36,37). The number of benzene rings is 2. The lowest BCUT2D eigenvalue weighted by Gasteiger charge is -2.37. The monoisotopic (exact) mass is 513 g/mol. The lowest BCUT2D eigenvalue weighted by Crippen LogP contribution is -2.52. The maximum Gasteiger partial charge on any atom is 0.255 e. The maximum absolute atomic E-state index is 14.7. The average molecular weight is 514 g/mol. The van der Waals surface area contributed by atoms with Crippen molar-refractivity contribution in [1.82, 2.24) is 20.1 Å². The number of nitrogens with one attached hydrogen (secondary N) is 1. The molecule has 194 valence electrons. The molecule has 0 radical (unpaired) electrons. The van der Waals surface area contributed by atoms with Gasteiger partial charge in [0, 0.05) is 74.9 Å². The minimum atomic E-state index is -0.719. The molecule has 0 spiro atoms. The third kappa shape index (κ3) is 4.65. The number of rotatable bonds is 5. The number of halogens is 1. The van der Waals surface area contributed by atoms with Crippen molar-refractivity contribution < 1.29 is 18.8 Å². The Hall–Kier alpha value is -4.11. The highest BCUT2D eigenvalue weighted by Gasteiger charge is 2.41. The van der Waals surface area contributed by atoms with Gasteiger partial charge in [0.25, 0.3) is 5.91 Å². The van der Waals surface area contributed by atoms with Gasteiger partial charge in [0.2, 0.25) is 11.8 Å². The largest absolute Gasteiger partial charge is 0.369 e. The molecule has 8 nitrogen and oxygen atoms in total. The van der Waals surface area contributed by atoms with Crippen LogP contribution in [-0.2, 0) is 22.7 Å². The number of carbonyl (C=O) groups excluding carboxylic acids is 3. The van der Waals surface area contributed by atoms with E-state index in [1.165, 1.54) is 22.6 Å². The molecule has 0 saturated carbocycles. The van der Waals surface area contributed by atoms with Gasteiger partial charge in [0.15, 0.2) is 0 Å². The van der Waals surface area contributed by atoms with E-state index in [1.54, 1.807) is 12.4 Å². The molecule has 2 fully saturated rings. The number of pyridine rings is 1. The van der Waals surface area contributed by atoms with Crippen molar-refractivity contribution in [3.8, 4) is 11.1 Å². The third-order valence-corrected chi connectivity index (χ3v) is 7.66. The molecule has 0 aliphatic carbocycles. The lowest BCUT2D eigenvalue weighted by molar-refractivity contribution is -0.136. The van der Waals surface area contributed by atoms with E-state index in [-0.39, 0.29) is 31.2 Å². The number of nitrogens with zero attached hydrogens (tertiary/aromatic N) is 4. The molecule has 38 heavy (non-hydrogen) atoms. The van der Waals surface area contributed by atoms with Crippen LogP contribution in [0, 0.1) is 5.82 Å². The van der Waals surface area contributed by atoms with E-state index in [0.29, 0.717) is 24.3 Å². The van der Waals surface area contributed by atoms with Crippen molar-refractivity contribution in [2.45, 2.75) is 32.0 Å². The first-order valence-corrected chi connectivity index (χ1v) is 12.9. The molecule has 1 atom stereocenters. The summed E-state index contributed by atoms with van der Waals surface area (Å²) in [6.07, 6.45) is 4.05. The summed E-state index contributed by atoms with van der Waals surface area (Å²) in [5, 5.41) is 2.32. The SMILES string of the molecule is O=C1CCC(N2Cc3c(cc(F)cc3N3CCN(Cc4cccc(-c5ccncc5)c4)CC3)C2=O)C(=O)N1. The molecule has 1 N–H and O–H groups in total. The van der Waals surface area contributed by atoms with Crippen LogP contribution in [0.5, 0.6) is 0 Å². The molecule has 3 aromatic rings. The van der Waals surface area contributed by atoms with Gasteiger partial charge < -0.3 is 9.80 Å². The van der Waals surface area contributed by atoms with Crippen LogP contribution in [-0.4, -0.2) is 64.7 Å². The number of anilines is 1. The van der Waals surface area contributed by atoms with Gasteiger partial charge in [-0.1, -0.05) is 18.2 Å². The Kier molecular flexibility index (Phi) is 6.37. The van der Waals surface area contributed by atoms with Crippen LogP contribution in [0.15, 0.2) is 60.9 Å². The quantitative estimate of drug-likeness (QED) is 0.528. The zero-order chi connectivity index (χ0) is 26.2. The van der Waals surface area contributed by atoms with E-state index >= 15 is 0 Å². The Bertz CT molecular complexity index is 1400. The van der Waals surface area contributed by atoms with E-state index in [4.69, 9.17) is 0 Å². The second-order valence-electron chi connectivity index (χ2n) is 10.1. The van der Waals surface area contributed by atoms with E-state index in [9.17, 15) is 18.8 Å². The van der Waals surface area contributed by atoms with Crippen molar-refractivity contribution in [1.29, 1.82) is 0 Å². The Balaban J connectivity index is 1.15. The van der Waals surface area contributed by atoms with Crippen LogP contribution in [0.3, 0.4) is 0 Å². The highest BCUT2D eigenvalue weighted by Crippen LogP contribution is 2.35. The lowest BCUT2D eigenvalue weighted by atomic mass is 10.0. The summed E-state index contributed by atoms with van der Waals surface area (Å²) in [7, 11) is 0. The fourth-order valence-corrected chi connectivity index (χ4v) is 5.69. The fourth-order valence-electron chi connectivity index (χ4n) is 5.69. The molecule has 3 amide bonds. The maximum atomic E-state index is 14.7. The summed E-state index contributed by atoms with van der Waals surface area (Å²) < 4.78 is 14.7. The topological polar surface area (TPSA) is 85.9 Å². The molecule has 3 aliphatic rings. The summed E-state index contributed by atoms with van der Waals surface area (Å²) >= 11 is 0. The number of hydrogen-bond acceptors (Lipinski definition) is 6. The highest BCUT2D eigenvalue weighted by molar-refractivity contribution is 6.06. The first-order valence-electron chi connectivity index (χ1n) is 12.9. The van der Waals surface area contributed by atoms with Gasteiger partial charge in [-0.25, -0.2) is 4.39 Å². The molecule has 1 unspecified atom stereocenters. The van der Waals surface area contributed by atoms with Crippen LogP contribution < -0.4 is 10.2 Å². The second-order valence-corrected chi connectivity index (χ2v) is 10.1. The molecule has 4 heterocycles. The zero-order valence-corrected chi connectivity index (χ0v) is 20.9. The Labute approximate surface area is 220 Å². The van der Waals surface area contributed by atoms with Crippen molar-refractivity contribution in [2.24, 2.45) is 0 Å². The summed E-state index contributed by atoms with van der Waals surface area (Å²) in [6, 6.07) is 14.5. The zero-order valence-electron chi connectivity index (χ0n) is 20.9. The number of piperazine rings is 1.